The second-order valence-electron chi connectivity index (χ2n) is 6.58. The highest BCUT2D eigenvalue weighted by Gasteiger charge is 2.35. The molecule has 1 saturated heterocycles. The fourth-order valence-electron chi connectivity index (χ4n) is 2.78. The number of hydrogen-bond acceptors (Lipinski definition) is 5. The van der Waals surface area contributed by atoms with Gasteiger partial charge in [-0.25, -0.2) is 0 Å². The predicted molar refractivity (Wildman–Crippen MR) is 86.1 cm³/mol. The van der Waals surface area contributed by atoms with Gasteiger partial charge in [0.1, 0.15) is 6.10 Å². The molecule has 0 aromatic heterocycles. The highest BCUT2D eigenvalue weighted by atomic mass is 16.7. The number of ether oxygens (including phenoxy) is 2. The lowest BCUT2D eigenvalue weighted by Gasteiger charge is -2.36. The molecule has 6 heteroatoms. The molecule has 1 aliphatic heterocycles. The van der Waals surface area contributed by atoms with E-state index < -0.39 is 24.5 Å². The number of aliphatic carboxylic acids is 1. The molecule has 3 N–H and O–H groups in total. The number of carboxylic acids is 1. The molecule has 0 aromatic carbocycles. The van der Waals surface area contributed by atoms with Crippen LogP contribution >= 0.6 is 0 Å². The molecule has 0 amide bonds. The van der Waals surface area contributed by atoms with Crippen LogP contribution < -0.4 is 0 Å². The Labute approximate surface area is 138 Å². The molecule has 0 saturated carbocycles. The van der Waals surface area contributed by atoms with Crippen molar-refractivity contribution < 1.29 is 29.6 Å². The first-order valence-corrected chi connectivity index (χ1v) is 8.79. The molecule has 1 heterocycles. The quantitative estimate of drug-likeness (QED) is 0.503. The van der Waals surface area contributed by atoms with Gasteiger partial charge in [-0.3, -0.25) is 4.79 Å². The summed E-state index contributed by atoms with van der Waals surface area (Å²) in [4.78, 5) is 10.4. The SMILES string of the molecule is CC1O[C@@H](O[C@H](C)CCCCCCCCC(=O)O)C(O)C[C@H]1O. The molecule has 1 rings (SSSR count). The van der Waals surface area contributed by atoms with Gasteiger partial charge in [0, 0.05) is 12.8 Å². The normalized spacial score (nSPS) is 29.4. The van der Waals surface area contributed by atoms with Crippen LogP contribution in [0.3, 0.4) is 0 Å². The van der Waals surface area contributed by atoms with Crippen molar-refractivity contribution in [1.29, 1.82) is 0 Å². The van der Waals surface area contributed by atoms with E-state index in [2.05, 4.69) is 0 Å². The van der Waals surface area contributed by atoms with Gasteiger partial charge >= 0.3 is 5.97 Å². The Morgan fingerprint density at radius 3 is 2.39 bits per heavy atom. The van der Waals surface area contributed by atoms with Crippen molar-refractivity contribution in [3.05, 3.63) is 0 Å². The van der Waals surface area contributed by atoms with E-state index in [0.29, 0.717) is 0 Å². The topological polar surface area (TPSA) is 96.2 Å². The fourth-order valence-corrected chi connectivity index (χ4v) is 2.78. The number of carbonyl (C=O) groups is 1. The van der Waals surface area contributed by atoms with Crippen molar-refractivity contribution in [2.45, 2.75) is 102 Å². The van der Waals surface area contributed by atoms with Gasteiger partial charge in [-0.2, -0.15) is 0 Å². The zero-order valence-electron chi connectivity index (χ0n) is 14.3. The van der Waals surface area contributed by atoms with Gasteiger partial charge < -0.3 is 24.8 Å². The molecule has 5 atom stereocenters. The van der Waals surface area contributed by atoms with Gasteiger partial charge in [0.05, 0.1) is 18.3 Å². The van der Waals surface area contributed by atoms with E-state index in [9.17, 15) is 15.0 Å². The van der Waals surface area contributed by atoms with Crippen molar-refractivity contribution in [3.63, 3.8) is 0 Å². The van der Waals surface area contributed by atoms with Crippen molar-refractivity contribution in [3.8, 4) is 0 Å². The van der Waals surface area contributed by atoms with E-state index in [4.69, 9.17) is 14.6 Å². The first kappa shape index (κ1) is 20.4. The van der Waals surface area contributed by atoms with Crippen molar-refractivity contribution in [2.75, 3.05) is 0 Å². The molecule has 0 aliphatic carbocycles. The zero-order valence-corrected chi connectivity index (χ0v) is 14.3. The van der Waals surface area contributed by atoms with Gasteiger partial charge in [-0.1, -0.05) is 32.1 Å². The van der Waals surface area contributed by atoms with Crippen LogP contribution in [0.25, 0.3) is 0 Å². The number of rotatable bonds is 11. The van der Waals surface area contributed by atoms with E-state index in [1.807, 2.05) is 6.92 Å². The largest absolute Gasteiger partial charge is 0.481 e. The van der Waals surface area contributed by atoms with E-state index in [0.717, 1.165) is 44.9 Å². The second kappa shape index (κ2) is 11.0. The van der Waals surface area contributed by atoms with Crippen LogP contribution in [0.15, 0.2) is 0 Å². The van der Waals surface area contributed by atoms with E-state index in [-0.39, 0.29) is 25.0 Å². The maximum absolute atomic E-state index is 10.4. The fraction of sp³-hybridized carbons (Fsp3) is 0.941. The zero-order chi connectivity index (χ0) is 17.2. The minimum Gasteiger partial charge on any atom is -0.481 e. The van der Waals surface area contributed by atoms with Crippen LogP contribution in [0.1, 0.15) is 71.6 Å². The van der Waals surface area contributed by atoms with Crippen molar-refractivity contribution >= 4 is 5.97 Å². The number of unbranched alkanes of at least 4 members (excludes halogenated alkanes) is 5. The van der Waals surface area contributed by atoms with Gasteiger partial charge in [0.2, 0.25) is 0 Å². The average Bonchev–Trinajstić information content (AvgIpc) is 2.47. The first-order valence-electron chi connectivity index (χ1n) is 8.79. The highest BCUT2D eigenvalue weighted by Crippen LogP contribution is 2.23. The molecular formula is C17H32O6. The maximum Gasteiger partial charge on any atom is 0.303 e. The summed E-state index contributed by atoms with van der Waals surface area (Å²) >= 11 is 0. The maximum atomic E-state index is 10.4. The molecule has 1 fully saturated rings. The Kier molecular flexibility index (Phi) is 9.71. The standard InChI is InChI=1S/C17H32O6/c1-12(9-7-5-3-4-6-8-10-16(20)21)22-17-15(19)11-14(18)13(2)23-17/h12-15,17-19H,3-11H2,1-2H3,(H,20,21)/t12-,13?,14-,15?,17-/m1/s1. The minimum absolute atomic E-state index is 0.00380. The highest BCUT2D eigenvalue weighted by molar-refractivity contribution is 5.66. The van der Waals surface area contributed by atoms with Gasteiger partial charge in [-0.15, -0.1) is 0 Å². The summed E-state index contributed by atoms with van der Waals surface area (Å²) in [5.41, 5.74) is 0. The number of aliphatic hydroxyl groups is 2. The lowest BCUT2D eigenvalue weighted by atomic mass is 10.0. The van der Waals surface area contributed by atoms with E-state index >= 15 is 0 Å². The van der Waals surface area contributed by atoms with Crippen molar-refractivity contribution in [1.82, 2.24) is 0 Å². The third kappa shape index (κ3) is 8.65. The van der Waals surface area contributed by atoms with E-state index in [1.54, 1.807) is 6.92 Å². The number of carboxylic acid groups (broad SMARTS) is 1. The molecule has 0 spiro atoms. The monoisotopic (exact) mass is 332 g/mol. The number of hydrogen-bond donors (Lipinski definition) is 3. The van der Waals surface area contributed by atoms with Gasteiger partial charge in [0.25, 0.3) is 0 Å². The summed E-state index contributed by atoms with van der Waals surface area (Å²) in [6.45, 7) is 3.75. The molecule has 0 radical (unpaired) electrons. The third-order valence-electron chi connectivity index (χ3n) is 4.31. The van der Waals surface area contributed by atoms with Crippen LogP contribution in [0, 0.1) is 0 Å². The summed E-state index contributed by atoms with van der Waals surface area (Å²) < 4.78 is 11.2. The first-order chi connectivity index (χ1) is 10.9. The third-order valence-corrected chi connectivity index (χ3v) is 4.31. The molecule has 136 valence electrons. The predicted octanol–water partition coefficient (Wildman–Crippen LogP) is 2.45. The van der Waals surface area contributed by atoms with Crippen molar-refractivity contribution in [2.24, 2.45) is 0 Å². The summed E-state index contributed by atoms with van der Waals surface area (Å²) in [6, 6.07) is 0. The average molecular weight is 332 g/mol. The summed E-state index contributed by atoms with van der Waals surface area (Å²) in [7, 11) is 0. The second-order valence-corrected chi connectivity index (χ2v) is 6.58. The molecular weight excluding hydrogens is 300 g/mol. The van der Waals surface area contributed by atoms with Crippen LogP contribution in [-0.2, 0) is 14.3 Å². The van der Waals surface area contributed by atoms with Crippen LogP contribution in [0.2, 0.25) is 0 Å². The molecule has 2 unspecified atom stereocenters. The Bertz CT molecular complexity index is 335. The lowest BCUT2D eigenvalue weighted by molar-refractivity contribution is -0.273. The summed E-state index contributed by atoms with van der Waals surface area (Å²) in [5.74, 6) is -0.718. The molecule has 6 nitrogen and oxygen atoms in total. The Morgan fingerprint density at radius 2 is 1.74 bits per heavy atom. The Morgan fingerprint density at radius 1 is 1.13 bits per heavy atom. The summed E-state index contributed by atoms with van der Waals surface area (Å²) in [5, 5.41) is 28.0. The molecule has 0 bridgehead atoms. The van der Waals surface area contributed by atoms with Gasteiger partial charge in [-0.05, 0) is 26.7 Å². The van der Waals surface area contributed by atoms with Gasteiger partial charge in [0.15, 0.2) is 6.29 Å². The smallest absolute Gasteiger partial charge is 0.303 e. The Balaban J connectivity index is 2.04. The van der Waals surface area contributed by atoms with Crippen LogP contribution in [-0.4, -0.2) is 52.0 Å². The van der Waals surface area contributed by atoms with E-state index in [1.165, 1.54) is 0 Å². The Hall–Kier alpha value is -0.690. The lowest BCUT2D eigenvalue weighted by Crippen LogP contribution is -2.48. The molecule has 0 aromatic rings. The molecule has 1 aliphatic rings. The number of aliphatic hydroxyl groups excluding tert-OH is 2. The van der Waals surface area contributed by atoms with Crippen LogP contribution in [0.5, 0.6) is 0 Å². The summed E-state index contributed by atoms with van der Waals surface area (Å²) in [6.07, 6.45) is 5.13. The van der Waals surface area contributed by atoms with Crippen LogP contribution in [0.4, 0.5) is 0 Å². The minimum atomic E-state index is -0.780. The molecule has 23 heavy (non-hydrogen) atoms.